The molecule has 2 aliphatic carbocycles. The van der Waals surface area contributed by atoms with Crippen molar-refractivity contribution in [1.29, 1.82) is 0 Å². The third-order valence-electron chi connectivity index (χ3n) is 10.8. The molecule has 6 rings (SSSR count). The molecule has 4 bridgehead atoms. The highest BCUT2D eigenvalue weighted by molar-refractivity contribution is 7.91. The summed E-state index contributed by atoms with van der Waals surface area (Å²) in [5.41, 5.74) is 0.800. The van der Waals surface area contributed by atoms with Gasteiger partial charge in [0.1, 0.15) is 23.7 Å². The predicted molar refractivity (Wildman–Crippen MR) is 199 cm³/mol. The maximum atomic E-state index is 14.4. The van der Waals surface area contributed by atoms with E-state index in [4.69, 9.17) is 9.47 Å². The van der Waals surface area contributed by atoms with Gasteiger partial charge in [0.05, 0.1) is 24.9 Å². The van der Waals surface area contributed by atoms with Crippen LogP contribution in [0.15, 0.2) is 49.6 Å². The van der Waals surface area contributed by atoms with Gasteiger partial charge in [-0.2, -0.15) is 0 Å². The summed E-state index contributed by atoms with van der Waals surface area (Å²) < 4.78 is 38.9. The molecule has 5 aliphatic rings. The van der Waals surface area contributed by atoms with Crippen LogP contribution in [0.4, 0.5) is 9.59 Å². The normalized spacial score (nSPS) is 27.9. The first kappa shape index (κ1) is 39.5. The molecule has 296 valence electrons. The Labute approximate surface area is 320 Å². The summed E-state index contributed by atoms with van der Waals surface area (Å²) in [5, 5.41) is 7.01. The van der Waals surface area contributed by atoms with E-state index in [-0.39, 0.29) is 32.5 Å². The second kappa shape index (κ2) is 15.5. The van der Waals surface area contributed by atoms with Crippen LogP contribution in [0.2, 0.25) is 0 Å². The smallest absolute Gasteiger partial charge is 0.410 e. The number of cyclic esters (lactones) is 1. The van der Waals surface area contributed by atoms with Crippen molar-refractivity contribution in [3.8, 4) is 0 Å². The molecule has 1 aromatic carbocycles. The molecule has 1 aromatic rings. The monoisotopic (exact) mass is 780 g/mol. The van der Waals surface area contributed by atoms with Crippen molar-refractivity contribution in [3.05, 3.63) is 66.3 Å². The van der Waals surface area contributed by atoms with E-state index in [2.05, 4.69) is 33.8 Å². The number of hydrogen-bond acceptors (Lipinski definition) is 10. The molecule has 2 saturated carbocycles. The number of ether oxygens (including phenoxy) is 2. The van der Waals surface area contributed by atoms with Crippen molar-refractivity contribution in [2.24, 2.45) is 11.3 Å². The number of allylic oxidation sites excluding steroid dienone is 1. The van der Waals surface area contributed by atoms with Crippen LogP contribution in [0.3, 0.4) is 0 Å². The quantitative estimate of drug-likeness (QED) is 0.212. The molecular formula is C38H48N6O10S. The Morgan fingerprint density at radius 3 is 2.56 bits per heavy atom. The Bertz CT molecular complexity index is 1930. The van der Waals surface area contributed by atoms with Crippen LogP contribution in [0.1, 0.15) is 69.1 Å². The first-order valence-corrected chi connectivity index (χ1v) is 20.0. The van der Waals surface area contributed by atoms with Crippen molar-refractivity contribution < 1.29 is 46.7 Å². The molecule has 6 amide bonds. The molecule has 0 unspecified atom stereocenters. The maximum absolute atomic E-state index is 14.4. The number of amides is 6. The van der Waals surface area contributed by atoms with Crippen molar-refractivity contribution in [2.75, 3.05) is 19.7 Å². The standard InChI is InChI=1S/C38H48N6O10S/c1-5-25-17-38(25,34(48)42-55(51,52)27-13-14-27)41-32(46)30-16-26-20-44(30)33(47)29(18-39-31(45)6-2)40-35(49)53-22-37(3,4)15-8-7-10-23-11-9-12-24-19-43(21-28(23)24)36(50)54-26/h5-7,9-12,25-27,29-30H,1-2,8,13-22H2,3-4H3,(H,39,45)(H,40,49)(H,41,46)(H,42,48)/t25-,26-,29+,30+,38-/m1/s1. The highest BCUT2D eigenvalue weighted by Crippen LogP contribution is 2.45. The summed E-state index contributed by atoms with van der Waals surface area (Å²) in [6, 6.07) is 3.06. The Balaban J connectivity index is 1.29. The van der Waals surface area contributed by atoms with E-state index < -0.39 is 92.7 Å². The van der Waals surface area contributed by atoms with E-state index in [1.165, 1.54) is 11.0 Å². The Hall–Kier alpha value is -5.19. The second-order valence-electron chi connectivity index (χ2n) is 15.6. The fraction of sp³-hybridized carbons (Fsp3) is 0.526. The fourth-order valence-corrected chi connectivity index (χ4v) is 8.58. The number of alkyl carbamates (subject to hydrolysis) is 1. The van der Waals surface area contributed by atoms with Gasteiger partial charge in [0.2, 0.25) is 27.7 Å². The molecule has 4 N–H and O–H groups in total. The van der Waals surface area contributed by atoms with Gasteiger partial charge in [-0.05, 0) is 60.3 Å². The SMILES string of the molecule is C=CC(=O)NC[C@@H]1NC(=O)OCC(C)(C)CCC=Cc2cccc3c2CN(C3)C(=O)O[C@@H]2C[C@@H](C(=O)N[C@]3(C(=O)NS(=O)(=O)C4CC4)C[C@H]3C=C)N(C2)C1=O. The molecule has 0 aromatic heterocycles. The first-order valence-electron chi connectivity index (χ1n) is 18.4. The van der Waals surface area contributed by atoms with Crippen LogP contribution in [0.25, 0.3) is 6.08 Å². The summed E-state index contributed by atoms with van der Waals surface area (Å²) in [6.07, 6.45) is 5.94. The minimum atomic E-state index is -3.95. The van der Waals surface area contributed by atoms with E-state index in [1.54, 1.807) is 0 Å². The number of carbonyl (C=O) groups excluding carboxylic acids is 6. The molecule has 0 spiro atoms. The largest absolute Gasteiger partial charge is 0.449 e. The van der Waals surface area contributed by atoms with Gasteiger partial charge in [0.25, 0.3) is 5.91 Å². The minimum absolute atomic E-state index is 0.0140. The van der Waals surface area contributed by atoms with E-state index in [0.29, 0.717) is 32.2 Å². The second-order valence-corrected chi connectivity index (χ2v) is 17.6. The molecule has 0 radical (unpaired) electrons. The third kappa shape index (κ3) is 8.87. The van der Waals surface area contributed by atoms with E-state index in [0.717, 1.165) is 27.7 Å². The van der Waals surface area contributed by atoms with Crippen LogP contribution in [-0.2, 0) is 51.8 Å². The zero-order valence-electron chi connectivity index (χ0n) is 31.0. The lowest BCUT2D eigenvalue weighted by Gasteiger charge is -2.30. The molecule has 3 fully saturated rings. The fourth-order valence-electron chi connectivity index (χ4n) is 7.22. The van der Waals surface area contributed by atoms with Crippen molar-refractivity contribution in [1.82, 2.24) is 30.5 Å². The number of hydrogen-bond donors (Lipinski definition) is 4. The number of rotatable bonds is 9. The average Bonchev–Trinajstić information content (AvgIpc) is 4.04. The molecule has 3 heterocycles. The summed E-state index contributed by atoms with van der Waals surface area (Å²) in [6.45, 7) is 10.9. The van der Waals surface area contributed by atoms with Gasteiger partial charge in [0, 0.05) is 25.4 Å². The van der Waals surface area contributed by atoms with Crippen molar-refractivity contribution in [3.63, 3.8) is 0 Å². The van der Waals surface area contributed by atoms with E-state index >= 15 is 0 Å². The Kier molecular flexibility index (Phi) is 11.1. The number of carbonyl (C=O) groups is 6. The zero-order chi connectivity index (χ0) is 39.7. The minimum Gasteiger partial charge on any atom is -0.449 e. The van der Waals surface area contributed by atoms with Crippen LogP contribution >= 0.6 is 0 Å². The van der Waals surface area contributed by atoms with Gasteiger partial charge in [-0.25, -0.2) is 18.0 Å². The van der Waals surface area contributed by atoms with Gasteiger partial charge < -0.3 is 30.3 Å². The number of sulfonamides is 1. The summed E-state index contributed by atoms with van der Waals surface area (Å²) in [7, 11) is -3.95. The highest BCUT2D eigenvalue weighted by atomic mass is 32.2. The van der Waals surface area contributed by atoms with Crippen molar-refractivity contribution >= 4 is 51.9 Å². The lowest BCUT2D eigenvalue weighted by atomic mass is 9.88. The van der Waals surface area contributed by atoms with Crippen LogP contribution in [0.5, 0.6) is 0 Å². The zero-order valence-corrected chi connectivity index (χ0v) is 31.8. The Morgan fingerprint density at radius 2 is 1.87 bits per heavy atom. The van der Waals surface area contributed by atoms with E-state index in [1.807, 2.05) is 44.2 Å². The molecule has 17 heteroatoms. The molecule has 55 heavy (non-hydrogen) atoms. The predicted octanol–water partition coefficient (Wildman–Crippen LogP) is 2.01. The van der Waals surface area contributed by atoms with Gasteiger partial charge >= 0.3 is 12.2 Å². The summed E-state index contributed by atoms with van der Waals surface area (Å²) in [5.74, 6) is -3.75. The Morgan fingerprint density at radius 1 is 1.11 bits per heavy atom. The maximum Gasteiger partial charge on any atom is 0.410 e. The van der Waals surface area contributed by atoms with Gasteiger partial charge in [-0.1, -0.05) is 56.9 Å². The number of nitrogens with one attached hydrogen (secondary N) is 4. The van der Waals surface area contributed by atoms with Crippen molar-refractivity contribution in [2.45, 2.75) is 94.4 Å². The van der Waals surface area contributed by atoms with Crippen LogP contribution in [0, 0.1) is 11.3 Å². The molecular weight excluding hydrogens is 733 g/mol. The number of nitrogens with zero attached hydrogens (tertiary/aromatic N) is 2. The van der Waals surface area contributed by atoms with Gasteiger partial charge in [-0.3, -0.25) is 28.8 Å². The van der Waals surface area contributed by atoms with Gasteiger partial charge in [0.15, 0.2) is 0 Å². The van der Waals surface area contributed by atoms with Gasteiger partial charge in [-0.15, -0.1) is 6.58 Å². The van der Waals surface area contributed by atoms with E-state index in [9.17, 15) is 37.2 Å². The lowest BCUT2D eigenvalue weighted by Crippen LogP contribution is -2.59. The topological polar surface area (TPSA) is 210 Å². The summed E-state index contributed by atoms with van der Waals surface area (Å²) >= 11 is 0. The average molecular weight is 781 g/mol. The number of fused-ring (bicyclic) bond motifs is 3. The lowest BCUT2D eigenvalue weighted by molar-refractivity contribution is -0.141. The molecule has 5 atom stereocenters. The molecule has 3 aliphatic heterocycles. The van der Waals surface area contributed by atoms with Crippen LogP contribution < -0.4 is 20.7 Å². The molecule has 16 nitrogen and oxygen atoms in total. The highest BCUT2D eigenvalue weighted by Gasteiger charge is 2.62. The summed E-state index contributed by atoms with van der Waals surface area (Å²) in [4.78, 5) is 83.6. The number of benzene rings is 1. The van der Waals surface area contributed by atoms with Crippen LogP contribution in [-0.4, -0.2) is 103 Å². The first-order chi connectivity index (χ1) is 26.1. The third-order valence-corrected chi connectivity index (χ3v) is 12.6. The molecule has 1 saturated heterocycles.